The van der Waals surface area contributed by atoms with Gasteiger partial charge in [-0.25, -0.2) is 9.97 Å². The van der Waals surface area contributed by atoms with Crippen molar-refractivity contribution in [2.24, 2.45) is 0 Å². The first-order valence-electron chi connectivity index (χ1n) is 6.89. The van der Waals surface area contributed by atoms with E-state index in [1.54, 1.807) is 0 Å². The second-order valence-corrected chi connectivity index (χ2v) is 5.20. The minimum absolute atomic E-state index is 0.129. The molecule has 1 aromatic rings. The van der Waals surface area contributed by atoms with Crippen LogP contribution in [0.25, 0.3) is 0 Å². The quantitative estimate of drug-likeness (QED) is 0.827. The first-order valence-corrected chi connectivity index (χ1v) is 6.89. The summed E-state index contributed by atoms with van der Waals surface area (Å²) >= 11 is 0. The highest BCUT2D eigenvalue weighted by Gasteiger charge is 2.16. The van der Waals surface area contributed by atoms with Crippen molar-refractivity contribution in [3.8, 4) is 0 Å². The molecule has 0 aliphatic rings. The van der Waals surface area contributed by atoms with Crippen LogP contribution in [0.5, 0.6) is 0 Å². The highest BCUT2D eigenvalue weighted by molar-refractivity contribution is 5.97. The Bertz CT molecular complexity index is 431. The molecule has 1 aromatic heterocycles. The maximum absolute atomic E-state index is 12.1. The molecule has 19 heavy (non-hydrogen) atoms. The van der Waals surface area contributed by atoms with Gasteiger partial charge in [0, 0.05) is 12.0 Å². The molecule has 0 saturated heterocycles. The summed E-state index contributed by atoms with van der Waals surface area (Å²) in [5.74, 6) is 0.593. The van der Waals surface area contributed by atoms with Crippen molar-refractivity contribution < 1.29 is 4.79 Å². The van der Waals surface area contributed by atoms with Crippen molar-refractivity contribution >= 4 is 11.6 Å². The van der Waals surface area contributed by atoms with Crippen LogP contribution in [-0.4, -0.2) is 21.9 Å². The van der Waals surface area contributed by atoms with E-state index in [9.17, 15) is 4.79 Å². The average Bonchev–Trinajstić information content (AvgIpc) is 2.36. The lowest BCUT2D eigenvalue weighted by Crippen LogP contribution is -2.33. The largest absolute Gasteiger partial charge is 0.396 e. The third-order valence-corrected chi connectivity index (χ3v) is 2.94. The lowest BCUT2D eigenvalue weighted by atomic mass is 10.1. The van der Waals surface area contributed by atoms with Crippen molar-refractivity contribution in [3.05, 3.63) is 17.7 Å². The number of nitrogen functional groups attached to an aromatic ring is 1. The Kier molecular flexibility index (Phi) is 5.73. The first-order chi connectivity index (χ1) is 8.95. The summed E-state index contributed by atoms with van der Waals surface area (Å²) in [5, 5.41) is 2.93. The number of hydrogen-bond donors (Lipinski definition) is 2. The van der Waals surface area contributed by atoms with Gasteiger partial charge in [0.25, 0.3) is 5.91 Å². The zero-order chi connectivity index (χ0) is 14.4. The van der Waals surface area contributed by atoms with Gasteiger partial charge in [0.05, 0.1) is 11.9 Å². The molecule has 0 bridgehead atoms. The van der Waals surface area contributed by atoms with E-state index in [4.69, 9.17) is 5.73 Å². The monoisotopic (exact) mass is 264 g/mol. The molecule has 1 rings (SSSR count). The van der Waals surface area contributed by atoms with E-state index in [1.807, 2.05) is 20.8 Å². The summed E-state index contributed by atoms with van der Waals surface area (Å²) < 4.78 is 0. The van der Waals surface area contributed by atoms with E-state index in [0.717, 1.165) is 19.3 Å². The molecular formula is C14H24N4O. The fourth-order valence-electron chi connectivity index (χ4n) is 1.74. The third-order valence-electron chi connectivity index (χ3n) is 2.94. The molecule has 0 fully saturated rings. The highest BCUT2D eigenvalue weighted by Crippen LogP contribution is 2.14. The van der Waals surface area contributed by atoms with Gasteiger partial charge in [-0.3, -0.25) is 4.79 Å². The predicted molar refractivity (Wildman–Crippen MR) is 77.0 cm³/mol. The second-order valence-electron chi connectivity index (χ2n) is 5.20. The van der Waals surface area contributed by atoms with E-state index in [2.05, 4.69) is 22.2 Å². The number of unbranched alkanes of at least 4 members (excludes halogenated alkanes) is 1. The Morgan fingerprint density at radius 1 is 1.42 bits per heavy atom. The van der Waals surface area contributed by atoms with Gasteiger partial charge in [-0.15, -0.1) is 0 Å². The maximum atomic E-state index is 12.1. The van der Waals surface area contributed by atoms with E-state index >= 15 is 0 Å². The normalized spacial score (nSPS) is 12.5. The number of amides is 1. The predicted octanol–water partition coefficient (Wildman–Crippen LogP) is 2.49. The molecule has 106 valence electrons. The SMILES string of the molecule is CCCCC(C)NC(=O)c1nc(C(C)C)ncc1N. The van der Waals surface area contributed by atoms with Gasteiger partial charge in [-0.05, 0) is 13.3 Å². The highest BCUT2D eigenvalue weighted by atomic mass is 16.2. The molecule has 0 saturated carbocycles. The Morgan fingerprint density at radius 2 is 2.11 bits per heavy atom. The van der Waals surface area contributed by atoms with Crippen LogP contribution in [0.4, 0.5) is 5.69 Å². The smallest absolute Gasteiger partial charge is 0.272 e. The molecule has 1 heterocycles. The molecule has 5 heteroatoms. The van der Waals surface area contributed by atoms with Crippen LogP contribution in [-0.2, 0) is 0 Å². The maximum Gasteiger partial charge on any atom is 0.272 e. The molecule has 0 aromatic carbocycles. The zero-order valence-corrected chi connectivity index (χ0v) is 12.2. The number of hydrogen-bond acceptors (Lipinski definition) is 4. The van der Waals surface area contributed by atoms with Crippen LogP contribution in [0.15, 0.2) is 6.20 Å². The number of rotatable bonds is 6. The van der Waals surface area contributed by atoms with E-state index in [-0.39, 0.29) is 23.6 Å². The Morgan fingerprint density at radius 3 is 2.68 bits per heavy atom. The summed E-state index contributed by atoms with van der Waals surface area (Å²) in [6, 6.07) is 0.129. The summed E-state index contributed by atoms with van der Waals surface area (Å²) in [6.07, 6.45) is 4.68. The molecule has 1 atom stereocenters. The minimum atomic E-state index is -0.217. The topological polar surface area (TPSA) is 80.9 Å². The van der Waals surface area contributed by atoms with Gasteiger partial charge in [0.1, 0.15) is 5.82 Å². The minimum Gasteiger partial charge on any atom is -0.396 e. The van der Waals surface area contributed by atoms with Gasteiger partial charge >= 0.3 is 0 Å². The lowest BCUT2D eigenvalue weighted by molar-refractivity contribution is 0.0933. The van der Waals surface area contributed by atoms with Gasteiger partial charge < -0.3 is 11.1 Å². The molecule has 3 N–H and O–H groups in total. The van der Waals surface area contributed by atoms with Crippen molar-refractivity contribution in [1.82, 2.24) is 15.3 Å². The average molecular weight is 264 g/mol. The van der Waals surface area contributed by atoms with Crippen molar-refractivity contribution in [2.75, 3.05) is 5.73 Å². The van der Waals surface area contributed by atoms with Gasteiger partial charge in [-0.1, -0.05) is 33.6 Å². The van der Waals surface area contributed by atoms with E-state index in [1.165, 1.54) is 6.20 Å². The van der Waals surface area contributed by atoms with Crippen LogP contribution < -0.4 is 11.1 Å². The van der Waals surface area contributed by atoms with Crippen molar-refractivity contribution in [3.63, 3.8) is 0 Å². The molecular weight excluding hydrogens is 240 g/mol. The van der Waals surface area contributed by atoms with E-state index < -0.39 is 0 Å². The number of nitrogens with zero attached hydrogens (tertiary/aromatic N) is 2. The summed E-state index contributed by atoms with van der Waals surface area (Å²) in [5.41, 5.74) is 6.38. The molecule has 1 unspecified atom stereocenters. The molecule has 1 amide bonds. The fraction of sp³-hybridized carbons (Fsp3) is 0.643. The van der Waals surface area contributed by atoms with Crippen LogP contribution in [0.1, 0.15) is 69.2 Å². The van der Waals surface area contributed by atoms with Crippen LogP contribution in [0.2, 0.25) is 0 Å². The molecule has 0 spiro atoms. The van der Waals surface area contributed by atoms with Crippen molar-refractivity contribution in [1.29, 1.82) is 0 Å². The lowest BCUT2D eigenvalue weighted by Gasteiger charge is -2.14. The van der Waals surface area contributed by atoms with Crippen LogP contribution >= 0.6 is 0 Å². The van der Waals surface area contributed by atoms with Gasteiger partial charge in [0.15, 0.2) is 5.69 Å². The summed E-state index contributed by atoms with van der Waals surface area (Å²) in [6.45, 7) is 8.09. The first kappa shape index (κ1) is 15.4. The summed E-state index contributed by atoms with van der Waals surface area (Å²) in [4.78, 5) is 20.5. The molecule has 5 nitrogen and oxygen atoms in total. The second kappa shape index (κ2) is 7.07. The third kappa shape index (κ3) is 4.50. The summed E-state index contributed by atoms with van der Waals surface area (Å²) in [7, 11) is 0. The number of carbonyl (C=O) groups is 1. The Balaban J connectivity index is 2.78. The number of nitrogens with one attached hydrogen (secondary N) is 1. The van der Waals surface area contributed by atoms with Crippen LogP contribution in [0.3, 0.4) is 0 Å². The fourth-order valence-corrected chi connectivity index (χ4v) is 1.74. The van der Waals surface area contributed by atoms with Gasteiger partial charge in [0.2, 0.25) is 0 Å². The number of aromatic nitrogens is 2. The Hall–Kier alpha value is -1.65. The Labute approximate surface area is 115 Å². The number of carbonyl (C=O) groups excluding carboxylic acids is 1. The zero-order valence-electron chi connectivity index (χ0n) is 12.2. The number of nitrogens with two attached hydrogens (primary N) is 1. The standard InChI is InChI=1S/C14H24N4O/c1-5-6-7-10(4)17-14(19)12-11(15)8-16-13(18-12)9(2)3/h8-10H,5-7,15H2,1-4H3,(H,17,19). The van der Waals surface area contributed by atoms with Crippen molar-refractivity contribution in [2.45, 2.75) is 58.9 Å². The number of anilines is 1. The van der Waals surface area contributed by atoms with Gasteiger partial charge in [-0.2, -0.15) is 0 Å². The van der Waals surface area contributed by atoms with Crippen LogP contribution in [0, 0.1) is 0 Å². The van der Waals surface area contributed by atoms with E-state index in [0.29, 0.717) is 11.5 Å². The molecule has 0 aliphatic carbocycles. The molecule has 0 aliphatic heterocycles. The molecule has 0 radical (unpaired) electrons.